The van der Waals surface area contributed by atoms with E-state index in [1.54, 1.807) is 18.2 Å². The van der Waals surface area contributed by atoms with Crippen LogP contribution in [0.2, 0.25) is 5.02 Å². The zero-order valence-corrected chi connectivity index (χ0v) is 22.8. The number of carbonyl (C=O) groups excluding carboxylic acids is 1. The van der Waals surface area contributed by atoms with E-state index >= 15 is 0 Å². The van der Waals surface area contributed by atoms with Gasteiger partial charge in [-0.3, -0.25) is 4.79 Å². The first kappa shape index (κ1) is 30.1. The van der Waals surface area contributed by atoms with Crippen molar-refractivity contribution in [2.24, 2.45) is 4.40 Å². The molecule has 1 aromatic carbocycles. The lowest BCUT2D eigenvalue weighted by Gasteiger charge is -2.18. The van der Waals surface area contributed by atoms with E-state index in [0.29, 0.717) is 17.1 Å². The number of hydrogen-bond acceptors (Lipinski definition) is 5. The van der Waals surface area contributed by atoms with Gasteiger partial charge in [-0.25, -0.2) is 0 Å². The van der Waals surface area contributed by atoms with E-state index in [2.05, 4.69) is 71.3 Å². The van der Waals surface area contributed by atoms with Crippen molar-refractivity contribution < 1.29 is 17.9 Å². The van der Waals surface area contributed by atoms with Crippen LogP contribution in [0.1, 0.15) is 51.9 Å². The van der Waals surface area contributed by atoms with E-state index in [-0.39, 0.29) is 23.8 Å². The van der Waals surface area contributed by atoms with Crippen molar-refractivity contribution in [2.75, 3.05) is 11.9 Å². The minimum Gasteiger partial charge on any atom is -0.457 e. The third kappa shape index (κ3) is 12.6. The largest absolute Gasteiger partial charge is 0.457 e. The number of carbonyl (C=O) groups is 1. The summed E-state index contributed by atoms with van der Waals surface area (Å²) in [5.74, 6) is -0.422. The molecule has 0 unspecified atom stereocenters. The summed E-state index contributed by atoms with van der Waals surface area (Å²) in [6.07, 6.45) is 30.7. The summed E-state index contributed by atoms with van der Waals surface area (Å²) in [5.41, 5.74) is 0.349. The molecule has 1 aliphatic heterocycles. The Morgan fingerprint density at radius 2 is 1.38 bits per heavy atom. The molecule has 0 amide bonds. The molecular formula is C29H35ClN2O4S. The minimum absolute atomic E-state index is 0.00643. The second-order valence-electron chi connectivity index (χ2n) is 8.06. The Morgan fingerprint density at radius 1 is 0.865 bits per heavy atom. The van der Waals surface area contributed by atoms with Gasteiger partial charge in [-0.15, -0.1) is 4.40 Å². The molecule has 0 aliphatic carbocycles. The van der Waals surface area contributed by atoms with Gasteiger partial charge < -0.3 is 10.1 Å². The van der Waals surface area contributed by atoms with Gasteiger partial charge in [-0.2, -0.15) is 8.42 Å². The minimum atomic E-state index is -3.89. The molecule has 198 valence electrons. The summed E-state index contributed by atoms with van der Waals surface area (Å²) >= 11 is 5.86. The van der Waals surface area contributed by atoms with E-state index in [0.717, 1.165) is 32.1 Å². The van der Waals surface area contributed by atoms with E-state index in [1.165, 1.54) is 6.07 Å². The number of nitrogens with zero attached hydrogens (tertiary/aromatic N) is 1. The number of benzene rings is 1. The molecule has 0 aromatic heterocycles. The molecule has 1 N–H and O–H groups in total. The lowest BCUT2D eigenvalue weighted by atomic mass is 10.2. The van der Waals surface area contributed by atoms with E-state index < -0.39 is 16.0 Å². The molecule has 8 heteroatoms. The van der Waals surface area contributed by atoms with Crippen LogP contribution in [0, 0.1) is 0 Å². The van der Waals surface area contributed by atoms with E-state index in [4.69, 9.17) is 16.3 Å². The highest BCUT2D eigenvalue weighted by Crippen LogP contribution is 2.29. The molecule has 2 rings (SSSR count). The Labute approximate surface area is 225 Å². The highest BCUT2D eigenvalue weighted by molar-refractivity contribution is 7.90. The molecule has 6 nitrogen and oxygen atoms in total. The van der Waals surface area contributed by atoms with Crippen LogP contribution in [0.3, 0.4) is 0 Å². The molecule has 0 saturated heterocycles. The second kappa shape index (κ2) is 17.3. The maximum absolute atomic E-state index is 12.3. The van der Waals surface area contributed by atoms with Gasteiger partial charge >= 0.3 is 5.97 Å². The number of rotatable bonds is 15. The van der Waals surface area contributed by atoms with Crippen LogP contribution in [0.15, 0.2) is 100 Å². The molecule has 0 saturated carbocycles. The molecule has 1 aromatic rings. The number of hydrogen-bond donors (Lipinski definition) is 1. The second-order valence-corrected chi connectivity index (χ2v) is 10.1. The normalized spacial score (nSPS) is 15.4. The number of sulfonamides is 1. The van der Waals surface area contributed by atoms with Crippen molar-refractivity contribution in [2.45, 2.75) is 56.8 Å². The maximum Gasteiger partial charge on any atom is 0.310 e. The predicted molar refractivity (Wildman–Crippen MR) is 153 cm³/mol. The average molecular weight is 543 g/mol. The van der Waals surface area contributed by atoms with Crippen LogP contribution in [-0.2, 0) is 19.6 Å². The van der Waals surface area contributed by atoms with Crippen LogP contribution in [0.5, 0.6) is 0 Å². The molecule has 1 aliphatic rings. The monoisotopic (exact) mass is 542 g/mol. The molecular weight excluding hydrogens is 508 g/mol. The zero-order valence-electron chi connectivity index (χ0n) is 21.2. The molecule has 0 spiro atoms. The number of anilines is 1. The van der Waals surface area contributed by atoms with Crippen molar-refractivity contribution >= 4 is 39.1 Å². The SMILES string of the molecule is CCC=CCC=CCC=CCC=CCC=CCC=CCC(=O)OCC1=NS(=O)(=O)c2cc(Cl)ccc2N1. The van der Waals surface area contributed by atoms with Crippen LogP contribution >= 0.6 is 11.6 Å². The molecule has 0 bridgehead atoms. The Balaban J connectivity index is 1.56. The highest BCUT2D eigenvalue weighted by atomic mass is 35.5. The summed E-state index contributed by atoms with van der Waals surface area (Å²) in [6.45, 7) is 1.87. The van der Waals surface area contributed by atoms with Gasteiger partial charge in [0.05, 0.1) is 12.1 Å². The Kier molecular flexibility index (Phi) is 14.1. The van der Waals surface area contributed by atoms with Gasteiger partial charge in [-0.1, -0.05) is 91.4 Å². The van der Waals surface area contributed by atoms with Gasteiger partial charge in [0.1, 0.15) is 11.5 Å². The molecule has 0 radical (unpaired) electrons. The molecule has 0 atom stereocenters. The highest BCUT2D eigenvalue weighted by Gasteiger charge is 2.25. The molecule has 0 fully saturated rings. The summed E-state index contributed by atoms with van der Waals surface area (Å²) in [4.78, 5) is 11.9. The lowest BCUT2D eigenvalue weighted by molar-refractivity contribution is -0.140. The topological polar surface area (TPSA) is 84.8 Å². The fourth-order valence-corrected chi connectivity index (χ4v) is 4.55. The van der Waals surface area contributed by atoms with Gasteiger partial charge in [-0.05, 0) is 56.7 Å². The number of nitrogens with one attached hydrogen (secondary N) is 1. The van der Waals surface area contributed by atoms with Crippen molar-refractivity contribution in [3.05, 3.63) is 96.1 Å². The first-order chi connectivity index (χ1) is 17.9. The summed E-state index contributed by atoms with van der Waals surface area (Å²) < 4.78 is 33.3. The third-order valence-corrected chi connectivity index (χ3v) is 6.57. The fourth-order valence-electron chi connectivity index (χ4n) is 3.16. The summed E-state index contributed by atoms with van der Waals surface area (Å²) in [6, 6.07) is 4.44. The number of amidine groups is 1. The molecule has 1 heterocycles. The van der Waals surface area contributed by atoms with Crippen molar-refractivity contribution in [3.63, 3.8) is 0 Å². The number of esters is 1. The van der Waals surface area contributed by atoms with Crippen molar-refractivity contribution in [1.29, 1.82) is 0 Å². The Hall–Kier alpha value is -3.16. The quantitative estimate of drug-likeness (QED) is 0.183. The van der Waals surface area contributed by atoms with Crippen molar-refractivity contribution in [1.82, 2.24) is 0 Å². The summed E-state index contributed by atoms with van der Waals surface area (Å²) in [7, 11) is -3.89. The maximum atomic E-state index is 12.3. The average Bonchev–Trinajstić information content (AvgIpc) is 2.87. The fraction of sp³-hybridized carbons (Fsp3) is 0.310. The van der Waals surface area contributed by atoms with Crippen LogP contribution in [0.25, 0.3) is 0 Å². The Morgan fingerprint density at radius 3 is 1.92 bits per heavy atom. The van der Waals surface area contributed by atoms with Crippen LogP contribution in [-0.4, -0.2) is 26.8 Å². The first-order valence-electron chi connectivity index (χ1n) is 12.4. The van der Waals surface area contributed by atoms with E-state index in [1.807, 2.05) is 12.2 Å². The summed E-state index contributed by atoms with van der Waals surface area (Å²) in [5, 5.41) is 3.15. The van der Waals surface area contributed by atoms with Gasteiger partial charge in [0, 0.05) is 5.02 Å². The zero-order chi connectivity index (χ0) is 26.8. The van der Waals surface area contributed by atoms with Crippen LogP contribution < -0.4 is 5.32 Å². The van der Waals surface area contributed by atoms with Gasteiger partial charge in [0.15, 0.2) is 5.84 Å². The number of ether oxygens (including phenoxy) is 1. The smallest absolute Gasteiger partial charge is 0.310 e. The first-order valence-corrected chi connectivity index (χ1v) is 14.2. The predicted octanol–water partition coefficient (Wildman–Crippen LogP) is 7.48. The molecule has 37 heavy (non-hydrogen) atoms. The van der Waals surface area contributed by atoms with Crippen molar-refractivity contribution in [3.8, 4) is 0 Å². The number of allylic oxidation sites excluding steroid dienone is 11. The standard InChI is InChI=1S/C29H35ClN2O4S/c1-2-3-4-5-6-7-8-9-10-11-12-13-14-15-16-17-18-19-20-29(33)36-24-28-31-26-22-21-25(30)23-27(26)37(34,35)32-28/h3-4,6-7,9-10,12-13,15-16,18-19,21-23H,2,5,8,11,14,17,20,24H2,1H3,(H,31,32). The van der Waals surface area contributed by atoms with E-state index in [9.17, 15) is 13.2 Å². The number of fused-ring (bicyclic) bond motifs is 1. The van der Waals surface area contributed by atoms with Crippen LogP contribution in [0.4, 0.5) is 5.69 Å². The van der Waals surface area contributed by atoms with Gasteiger partial charge in [0.2, 0.25) is 0 Å². The van der Waals surface area contributed by atoms with Gasteiger partial charge in [0.25, 0.3) is 10.0 Å². The third-order valence-electron chi connectivity index (χ3n) is 4.98. The Bertz CT molecular complexity index is 1190. The lowest BCUT2D eigenvalue weighted by Crippen LogP contribution is -2.26. The number of halogens is 1.